The largest absolute Gasteiger partial charge is 0.379 e. The van der Waals surface area contributed by atoms with E-state index in [1.165, 1.54) is 0 Å². The highest BCUT2D eigenvalue weighted by molar-refractivity contribution is 5.18. The van der Waals surface area contributed by atoms with Crippen molar-refractivity contribution in [2.45, 2.75) is 44.6 Å². The number of hydrogen-bond acceptors (Lipinski definition) is 5. The summed E-state index contributed by atoms with van der Waals surface area (Å²) < 4.78 is 10.8. The monoisotopic (exact) mass is 237 g/mol. The van der Waals surface area contributed by atoms with Crippen LogP contribution >= 0.6 is 0 Å². The van der Waals surface area contributed by atoms with E-state index in [0.717, 1.165) is 12.2 Å². The molecule has 1 aliphatic carbocycles. The summed E-state index contributed by atoms with van der Waals surface area (Å²) in [7, 11) is 0. The fourth-order valence-corrected chi connectivity index (χ4v) is 2.43. The molecule has 1 aromatic heterocycles. The second-order valence-electron chi connectivity index (χ2n) is 6.24. The lowest BCUT2D eigenvalue weighted by molar-refractivity contribution is 0.169. The van der Waals surface area contributed by atoms with Crippen LogP contribution in [0, 0.1) is 5.41 Å². The molecule has 3 unspecified atom stereocenters. The summed E-state index contributed by atoms with van der Waals surface area (Å²) in [6.45, 7) is 7.59. The number of nitrogens with zero attached hydrogens (tertiary/aromatic N) is 2. The zero-order valence-electron chi connectivity index (χ0n) is 10.6. The maximum Gasteiger partial charge on any atom is 0.236 e. The molecule has 2 aliphatic rings. The van der Waals surface area contributed by atoms with E-state index in [9.17, 15) is 0 Å². The van der Waals surface area contributed by atoms with E-state index in [2.05, 4.69) is 24.0 Å². The molecular weight excluding hydrogens is 218 g/mol. The molecule has 2 fully saturated rings. The summed E-state index contributed by atoms with van der Waals surface area (Å²) in [6, 6.07) is -0.0667. The van der Waals surface area contributed by atoms with Gasteiger partial charge < -0.3 is 15.0 Å². The second-order valence-corrected chi connectivity index (χ2v) is 6.24. The fourth-order valence-electron chi connectivity index (χ4n) is 2.43. The van der Waals surface area contributed by atoms with Gasteiger partial charge in [-0.2, -0.15) is 4.98 Å². The highest BCUT2D eigenvalue weighted by Crippen LogP contribution is 2.57. The van der Waals surface area contributed by atoms with Gasteiger partial charge in [0.2, 0.25) is 5.89 Å². The van der Waals surface area contributed by atoms with Crippen molar-refractivity contribution in [3.05, 3.63) is 11.7 Å². The van der Waals surface area contributed by atoms with Crippen molar-refractivity contribution in [3.63, 3.8) is 0 Å². The van der Waals surface area contributed by atoms with E-state index in [-0.39, 0.29) is 11.5 Å². The minimum atomic E-state index is -0.329. The smallest absolute Gasteiger partial charge is 0.236 e. The van der Waals surface area contributed by atoms with Gasteiger partial charge in [0.15, 0.2) is 5.82 Å². The molecule has 2 heterocycles. The molecule has 94 valence electrons. The topological polar surface area (TPSA) is 74.2 Å². The van der Waals surface area contributed by atoms with Crippen LogP contribution in [0.1, 0.15) is 44.8 Å². The molecule has 5 heteroatoms. The Morgan fingerprint density at radius 1 is 1.35 bits per heavy atom. The normalized spacial score (nSPS) is 39.5. The highest BCUT2D eigenvalue weighted by atomic mass is 16.5. The van der Waals surface area contributed by atoms with Crippen LogP contribution < -0.4 is 5.73 Å². The number of ether oxygens (including phenoxy) is 1. The zero-order chi connectivity index (χ0) is 12.3. The summed E-state index contributed by atoms with van der Waals surface area (Å²) >= 11 is 0. The molecule has 1 saturated carbocycles. The van der Waals surface area contributed by atoms with Crippen molar-refractivity contribution in [2.24, 2.45) is 11.1 Å². The summed E-state index contributed by atoms with van der Waals surface area (Å²) in [5.41, 5.74) is 6.03. The first kappa shape index (κ1) is 11.2. The Bertz CT molecular complexity index is 443. The number of aromatic nitrogens is 2. The predicted octanol–water partition coefficient (Wildman–Crippen LogP) is 1.20. The Hall–Kier alpha value is -0.940. The maximum absolute atomic E-state index is 6.05. The Labute approximate surface area is 101 Å². The van der Waals surface area contributed by atoms with E-state index < -0.39 is 0 Å². The average Bonchev–Trinajstić information content (AvgIpc) is 2.70. The lowest BCUT2D eigenvalue weighted by atomic mass is 9.86. The van der Waals surface area contributed by atoms with E-state index in [1.54, 1.807) is 0 Å². The van der Waals surface area contributed by atoms with Crippen LogP contribution in [0.2, 0.25) is 0 Å². The van der Waals surface area contributed by atoms with Gasteiger partial charge in [0.1, 0.15) is 0 Å². The van der Waals surface area contributed by atoms with Gasteiger partial charge in [0.25, 0.3) is 0 Å². The van der Waals surface area contributed by atoms with E-state index >= 15 is 0 Å². The molecule has 0 aromatic carbocycles. The lowest BCUT2D eigenvalue weighted by Crippen LogP contribution is -2.42. The molecule has 1 saturated heterocycles. The quantitative estimate of drug-likeness (QED) is 0.836. The van der Waals surface area contributed by atoms with Gasteiger partial charge in [-0.05, 0) is 18.8 Å². The third-order valence-corrected chi connectivity index (χ3v) is 4.27. The Kier molecular flexibility index (Phi) is 2.16. The molecule has 1 aliphatic heterocycles. The molecule has 5 nitrogen and oxygen atoms in total. The Balaban J connectivity index is 1.86. The van der Waals surface area contributed by atoms with Crippen LogP contribution in [0.4, 0.5) is 0 Å². The third-order valence-electron chi connectivity index (χ3n) is 4.27. The van der Waals surface area contributed by atoms with Crippen LogP contribution in [0.25, 0.3) is 0 Å². The highest BCUT2D eigenvalue weighted by Gasteiger charge is 2.51. The molecule has 1 aromatic rings. The molecule has 0 amide bonds. The van der Waals surface area contributed by atoms with Gasteiger partial charge in [0.05, 0.1) is 18.6 Å². The van der Waals surface area contributed by atoms with E-state index in [4.69, 9.17) is 15.0 Å². The number of nitrogens with two attached hydrogens (primary N) is 1. The van der Waals surface area contributed by atoms with Crippen LogP contribution in [0.3, 0.4) is 0 Å². The molecule has 0 spiro atoms. The number of rotatable bonds is 2. The first-order chi connectivity index (χ1) is 7.93. The van der Waals surface area contributed by atoms with Gasteiger partial charge in [-0.15, -0.1) is 0 Å². The van der Waals surface area contributed by atoms with Crippen LogP contribution in [0.15, 0.2) is 4.52 Å². The Morgan fingerprint density at radius 2 is 2.06 bits per heavy atom. The molecule has 0 bridgehead atoms. The zero-order valence-corrected chi connectivity index (χ0v) is 10.6. The van der Waals surface area contributed by atoms with Crippen LogP contribution in [-0.2, 0) is 10.2 Å². The first-order valence-electron chi connectivity index (χ1n) is 6.11. The van der Waals surface area contributed by atoms with E-state index in [1.807, 2.05) is 6.92 Å². The predicted molar refractivity (Wildman–Crippen MR) is 61.6 cm³/mol. The Morgan fingerprint density at radius 3 is 2.59 bits per heavy atom. The first-order valence-corrected chi connectivity index (χ1v) is 6.11. The minimum Gasteiger partial charge on any atom is -0.379 e. The van der Waals surface area contributed by atoms with Crippen LogP contribution in [-0.4, -0.2) is 29.4 Å². The molecule has 0 radical (unpaired) electrons. The summed E-state index contributed by atoms with van der Waals surface area (Å²) in [6.07, 6.45) is 1.13. The van der Waals surface area contributed by atoms with Crippen molar-refractivity contribution in [1.82, 2.24) is 10.1 Å². The minimum absolute atomic E-state index is 0.0667. The molecule has 17 heavy (non-hydrogen) atoms. The molecule has 3 atom stereocenters. The van der Waals surface area contributed by atoms with Gasteiger partial charge in [-0.1, -0.05) is 19.0 Å². The SMILES string of the molecule is CC1(C)CC1c1noc(C2(C)COCC2N)n1. The third kappa shape index (κ3) is 1.60. The maximum atomic E-state index is 6.05. The summed E-state index contributed by atoms with van der Waals surface area (Å²) in [5, 5.41) is 4.10. The van der Waals surface area contributed by atoms with Gasteiger partial charge in [-0.25, -0.2) is 0 Å². The van der Waals surface area contributed by atoms with Crippen molar-refractivity contribution in [1.29, 1.82) is 0 Å². The van der Waals surface area contributed by atoms with E-state index in [0.29, 0.717) is 30.4 Å². The summed E-state index contributed by atoms with van der Waals surface area (Å²) in [5.74, 6) is 1.88. The lowest BCUT2D eigenvalue weighted by Gasteiger charge is -2.21. The van der Waals surface area contributed by atoms with Crippen molar-refractivity contribution in [3.8, 4) is 0 Å². The average molecular weight is 237 g/mol. The van der Waals surface area contributed by atoms with Crippen molar-refractivity contribution in [2.75, 3.05) is 13.2 Å². The summed E-state index contributed by atoms with van der Waals surface area (Å²) in [4.78, 5) is 4.53. The van der Waals surface area contributed by atoms with Crippen molar-refractivity contribution >= 4 is 0 Å². The molecular formula is C12H19N3O2. The standard InChI is InChI=1S/C12H19N3O2/c1-11(2)4-7(11)9-14-10(17-15-9)12(3)6-16-5-8(12)13/h7-8H,4-6,13H2,1-3H3. The van der Waals surface area contributed by atoms with Crippen LogP contribution in [0.5, 0.6) is 0 Å². The molecule has 3 rings (SSSR count). The van der Waals surface area contributed by atoms with Gasteiger partial charge >= 0.3 is 0 Å². The molecule has 2 N–H and O–H groups in total. The number of hydrogen-bond donors (Lipinski definition) is 1. The van der Waals surface area contributed by atoms with Gasteiger partial charge in [0, 0.05) is 12.0 Å². The fraction of sp³-hybridized carbons (Fsp3) is 0.833. The second kappa shape index (κ2) is 3.29. The van der Waals surface area contributed by atoms with Gasteiger partial charge in [-0.3, -0.25) is 0 Å². The van der Waals surface area contributed by atoms with Crippen molar-refractivity contribution < 1.29 is 9.26 Å².